The number of nitro groups is 1. The Labute approximate surface area is 82.7 Å². The van der Waals surface area contributed by atoms with Crippen LogP contribution in [0.15, 0.2) is 18.2 Å². The molecule has 14 heavy (non-hydrogen) atoms. The third kappa shape index (κ3) is 2.22. The van der Waals surface area contributed by atoms with Gasteiger partial charge in [-0.25, -0.2) is 0 Å². The predicted octanol–water partition coefficient (Wildman–Crippen LogP) is 2.56. The molecule has 0 unspecified atom stereocenters. The summed E-state index contributed by atoms with van der Waals surface area (Å²) in [4.78, 5) is 10.2. The maximum Gasteiger partial charge on any atom is 0.272 e. The molecule has 4 nitrogen and oxygen atoms in total. The molecule has 76 valence electrons. The lowest BCUT2D eigenvalue weighted by molar-refractivity contribution is -0.385. The van der Waals surface area contributed by atoms with Crippen molar-refractivity contribution in [1.82, 2.24) is 0 Å². The normalized spacial score (nSPS) is 9.86. The molecule has 1 aromatic rings. The Morgan fingerprint density at radius 2 is 2.14 bits per heavy atom. The maximum absolute atomic E-state index is 10.6. The van der Waals surface area contributed by atoms with Crippen molar-refractivity contribution in [2.45, 2.75) is 20.3 Å². The Morgan fingerprint density at radius 1 is 1.43 bits per heavy atom. The second-order valence-electron chi connectivity index (χ2n) is 2.83. The molecule has 1 aromatic carbocycles. The van der Waals surface area contributed by atoms with E-state index in [1.165, 1.54) is 6.07 Å². The fourth-order valence-corrected chi connectivity index (χ4v) is 1.28. The molecule has 1 rings (SSSR count). The third-order valence-corrected chi connectivity index (χ3v) is 1.94. The lowest BCUT2D eigenvalue weighted by Gasteiger charge is -2.05. The quantitative estimate of drug-likeness (QED) is 0.548. The summed E-state index contributed by atoms with van der Waals surface area (Å²) in [6, 6.07) is 4.84. The van der Waals surface area contributed by atoms with Crippen LogP contribution in [-0.2, 0) is 6.42 Å². The second-order valence-corrected chi connectivity index (χ2v) is 2.83. The molecule has 4 heteroatoms. The average molecular weight is 195 g/mol. The molecule has 0 heterocycles. The van der Waals surface area contributed by atoms with Gasteiger partial charge in [0.1, 0.15) is 5.75 Å². The Morgan fingerprint density at radius 3 is 2.64 bits per heavy atom. The van der Waals surface area contributed by atoms with Crippen LogP contribution in [0.3, 0.4) is 0 Å². The minimum Gasteiger partial charge on any atom is -0.494 e. The summed E-state index contributed by atoms with van der Waals surface area (Å²) in [5, 5.41) is 10.6. The van der Waals surface area contributed by atoms with Crippen molar-refractivity contribution >= 4 is 5.69 Å². The minimum absolute atomic E-state index is 0.163. The van der Waals surface area contributed by atoms with Gasteiger partial charge in [-0.15, -0.1) is 0 Å². The number of ether oxygens (including phenoxy) is 1. The number of nitrogens with zero attached hydrogens (tertiary/aromatic N) is 1. The van der Waals surface area contributed by atoms with E-state index in [0.29, 0.717) is 24.3 Å². The van der Waals surface area contributed by atoms with E-state index in [-0.39, 0.29) is 10.6 Å². The lowest BCUT2D eigenvalue weighted by atomic mass is 10.1. The van der Waals surface area contributed by atoms with E-state index in [2.05, 4.69) is 0 Å². The molecule has 0 fully saturated rings. The van der Waals surface area contributed by atoms with Crippen LogP contribution in [-0.4, -0.2) is 11.5 Å². The number of rotatable bonds is 4. The van der Waals surface area contributed by atoms with E-state index in [1.54, 1.807) is 12.1 Å². The Bertz CT molecular complexity index is 336. The molecule has 0 amide bonds. The van der Waals surface area contributed by atoms with Crippen molar-refractivity contribution < 1.29 is 9.66 Å². The summed E-state index contributed by atoms with van der Waals surface area (Å²) >= 11 is 0. The van der Waals surface area contributed by atoms with Gasteiger partial charge >= 0.3 is 0 Å². The Hall–Kier alpha value is -1.58. The number of aryl methyl sites for hydroxylation is 1. The van der Waals surface area contributed by atoms with Crippen molar-refractivity contribution in [2.24, 2.45) is 0 Å². The van der Waals surface area contributed by atoms with E-state index in [9.17, 15) is 10.1 Å². The van der Waals surface area contributed by atoms with E-state index >= 15 is 0 Å². The van der Waals surface area contributed by atoms with E-state index < -0.39 is 0 Å². The first kappa shape index (κ1) is 10.5. The van der Waals surface area contributed by atoms with Crippen molar-refractivity contribution in [1.29, 1.82) is 0 Å². The van der Waals surface area contributed by atoms with Gasteiger partial charge in [0.15, 0.2) is 0 Å². The van der Waals surface area contributed by atoms with Crippen molar-refractivity contribution in [3.05, 3.63) is 33.9 Å². The van der Waals surface area contributed by atoms with Gasteiger partial charge in [-0.2, -0.15) is 0 Å². The summed E-state index contributed by atoms with van der Waals surface area (Å²) in [6.45, 7) is 4.34. The Balaban J connectivity index is 3.05. The van der Waals surface area contributed by atoms with Crippen LogP contribution in [0.5, 0.6) is 5.75 Å². The maximum atomic E-state index is 10.6. The first-order valence-electron chi connectivity index (χ1n) is 4.59. The van der Waals surface area contributed by atoms with E-state index in [0.717, 1.165) is 0 Å². The zero-order chi connectivity index (χ0) is 10.6. The van der Waals surface area contributed by atoms with Crippen LogP contribution in [0.25, 0.3) is 0 Å². The number of hydrogen-bond donors (Lipinski definition) is 0. The topological polar surface area (TPSA) is 52.4 Å². The molecule has 0 spiro atoms. The smallest absolute Gasteiger partial charge is 0.272 e. The lowest BCUT2D eigenvalue weighted by Crippen LogP contribution is -1.97. The highest BCUT2D eigenvalue weighted by Crippen LogP contribution is 2.24. The molecule has 0 aliphatic heterocycles. The van der Waals surface area contributed by atoms with Gasteiger partial charge in [0, 0.05) is 11.6 Å². The summed E-state index contributed by atoms with van der Waals surface area (Å²) < 4.78 is 5.26. The van der Waals surface area contributed by atoms with Crippen molar-refractivity contribution in [3.8, 4) is 5.75 Å². The predicted molar refractivity (Wildman–Crippen MR) is 53.6 cm³/mol. The van der Waals surface area contributed by atoms with Gasteiger partial charge in [-0.1, -0.05) is 6.92 Å². The summed E-state index contributed by atoms with van der Waals surface area (Å²) in [7, 11) is 0. The minimum atomic E-state index is -0.367. The summed E-state index contributed by atoms with van der Waals surface area (Å²) in [6.07, 6.45) is 0.636. The number of benzene rings is 1. The van der Waals surface area contributed by atoms with E-state index in [1.807, 2.05) is 13.8 Å². The fraction of sp³-hybridized carbons (Fsp3) is 0.400. The van der Waals surface area contributed by atoms with Gasteiger partial charge < -0.3 is 4.74 Å². The van der Waals surface area contributed by atoms with Crippen LogP contribution in [0, 0.1) is 10.1 Å². The number of hydrogen-bond acceptors (Lipinski definition) is 3. The molecule has 0 atom stereocenters. The van der Waals surface area contributed by atoms with Crippen molar-refractivity contribution in [2.75, 3.05) is 6.61 Å². The standard InChI is InChI=1S/C10H13NO3/c1-3-8-7-9(14-4-2)5-6-10(8)11(12)13/h5-7H,3-4H2,1-2H3. The molecule has 0 aliphatic rings. The largest absolute Gasteiger partial charge is 0.494 e. The first-order valence-corrected chi connectivity index (χ1v) is 4.59. The van der Waals surface area contributed by atoms with Gasteiger partial charge in [-0.05, 0) is 25.5 Å². The first-order chi connectivity index (χ1) is 6.69. The molecule has 0 radical (unpaired) electrons. The summed E-state index contributed by atoms with van der Waals surface area (Å²) in [5.41, 5.74) is 0.872. The molecule has 0 saturated carbocycles. The van der Waals surface area contributed by atoms with Crippen LogP contribution in [0.1, 0.15) is 19.4 Å². The number of nitro benzene ring substituents is 1. The fourth-order valence-electron chi connectivity index (χ4n) is 1.28. The second kappa shape index (κ2) is 4.60. The molecule has 0 aromatic heterocycles. The zero-order valence-corrected chi connectivity index (χ0v) is 8.32. The molecule has 0 N–H and O–H groups in total. The van der Waals surface area contributed by atoms with Crippen LogP contribution < -0.4 is 4.74 Å². The highest BCUT2D eigenvalue weighted by Gasteiger charge is 2.12. The molecule has 0 bridgehead atoms. The third-order valence-electron chi connectivity index (χ3n) is 1.94. The highest BCUT2D eigenvalue weighted by molar-refractivity contribution is 5.45. The van der Waals surface area contributed by atoms with Crippen LogP contribution in [0.4, 0.5) is 5.69 Å². The highest BCUT2D eigenvalue weighted by atomic mass is 16.6. The van der Waals surface area contributed by atoms with Gasteiger partial charge in [-0.3, -0.25) is 10.1 Å². The molecular formula is C10H13NO3. The van der Waals surface area contributed by atoms with Gasteiger partial charge in [0.05, 0.1) is 11.5 Å². The zero-order valence-electron chi connectivity index (χ0n) is 8.32. The molecular weight excluding hydrogens is 182 g/mol. The van der Waals surface area contributed by atoms with Gasteiger partial charge in [0.25, 0.3) is 5.69 Å². The molecule has 0 saturated heterocycles. The SMILES string of the molecule is CCOc1ccc([N+](=O)[O-])c(CC)c1. The van der Waals surface area contributed by atoms with Gasteiger partial charge in [0.2, 0.25) is 0 Å². The van der Waals surface area contributed by atoms with Crippen LogP contribution >= 0.6 is 0 Å². The monoisotopic (exact) mass is 195 g/mol. The Kier molecular flexibility index (Phi) is 3.45. The average Bonchev–Trinajstić information content (AvgIpc) is 2.17. The summed E-state index contributed by atoms with van der Waals surface area (Å²) in [5.74, 6) is 0.690. The molecule has 0 aliphatic carbocycles. The van der Waals surface area contributed by atoms with E-state index in [4.69, 9.17) is 4.74 Å². The van der Waals surface area contributed by atoms with Crippen molar-refractivity contribution in [3.63, 3.8) is 0 Å². The van der Waals surface area contributed by atoms with Crippen LogP contribution in [0.2, 0.25) is 0 Å².